The Labute approximate surface area is 174 Å². The maximum Gasteiger partial charge on any atom is 0.194 e. The lowest BCUT2D eigenvalue weighted by Crippen LogP contribution is -2.47. The molecule has 148 valence electrons. The molecule has 1 aromatic rings. The van der Waals surface area contributed by atoms with Crippen molar-refractivity contribution in [3.05, 3.63) is 36.8 Å². The largest absolute Gasteiger partial charge is 0.469 e. The van der Waals surface area contributed by atoms with Crippen LogP contribution in [0.2, 0.25) is 0 Å². The van der Waals surface area contributed by atoms with E-state index in [9.17, 15) is 0 Å². The molecule has 1 fully saturated rings. The zero-order valence-corrected chi connectivity index (χ0v) is 18.0. The van der Waals surface area contributed by atoms with Crippen LogP contribution in [0.25, 0.3) is 0 Å². The summed E-state index contributed by atoms with van der Waals surface area (Å²) in [5.74, 6) is 1.92. The van der Waals surface area contributed by atoms with Gasteiger partial charge in [-0.05, 0) is 31.4 Å². The van der Waals surface area contributed by atoms with Crippen LogP contribution in [0.5, 0.6) is 0 Å². The average Bonchev–Trinajstić information content (AvgIpc) is 3.16. The van der Waals surface area contributed by atoms with E-state index in [1.165, 1.54) is 0 Å². The number of methoxy groups -OCH3 is 1. The second-order valence-corrected chi connectivity index (χ2v) is 6.11. The third-order valence-electron chi connectivity index (χ3n) is 4.19. The van der Waals surface area contributed by atoms with E-state index in [1.54, 1.807) is 13.4 Å². The molecule has 0 amide bonds. The molecule has 2 heterocycles. The van der Waals surface area contributed by atoms with Gasteiger partial charge in [-0.25, -0.2) is 0 Å². The van der Waals surface area contributed by atoms with E-state index in [2.05, 4.69) is 16.8 Å². The molecule has 26 heavy (non-hydrogen) atoms. The molecule has 6 nitrogen and oxygen atoms in total. The molecule has 1 aliphatic heterocycles. The molecule has 2 rings (SSSR count). The Morgan fingerprint density at radius 2 is 2.23 bits per heavy atom. The Hall–Kier alpha value is -1.06. The second-order valence-electron chi connectivity index (χ2n) is 6.11. The fourth-order valence-electron chi connectivity index (χ4n) is 2.85. The van der Waals surface area contributed by atoms with E-state index in [4.69, 9.17) is 18.9 Å². The topological polar surface area (TPSA) is 59.2 Å². The van der Waals surface area contributed by atoms with Crippen molar-refractivity contribution in [3.8, 4) is 0 Å². The zero-order chi connectivity index (χ0) is 17.7. The molecular weight excluding hydrogens is 445 g/mol. The van der Waals surface area contributed by atoms with E-state index in [-0.39, 0.29) is 24.0 Å². The number of halogens is 1. The standard InChI is InChI=1S/C19H31N3O3.HI/c1-3-10-20-19(21-11-7-17-6-4-15-24-17)22-12-8-18(9-13-22)25-16-5-14-23-2;/h3-4,6,15,18H,1,5,7-14,16H2,2H3,(H,20,21);1H. The third-order valence-corrected chi connectivity index (χ3v) is 4.19. The predicted octanol–water partition coefficient (Wildman–Crippen LogP) is 3.09. The van der Waals surface area contributed by atoms with Crippen LogP contribution in [0.1, 0.15) is 25.0 Å². The number of likely N-dealkylation sites (tertiary alicyclic amines) is 1. The van der Waals surface area contributed by atoms with E-state index in [0.29, 0.717) is 19.2 Å². The van der Waals surface area contributed by atoms with Crippen molar-refractivity contribution in [2.45, 2.75) is 31.8 Å². The number of aliphatic imine (C=N–C) groups is 1. The Kier molecular flexibility index (Phi) is 12.4. The number of furan rings is 1. The highest BCUT2D eigenvalue weighted by Gasteiger charge is 2.21. The average molecular weight is 477 g/mol. The Morgan fingerprint density at radius 3 is 2.88 bits per heavy atom. The van der Waals surface area contributed by atoms with Gasteiger partial charge >= 0.3 is 0 Å². The Balaban J connectivity index is 0.00000338. The van der Waals surface area contributed by atoms with E-state index >= 15 is 0 Å². The highest BCUT2D eigenvalue weighted by Crippen LogP contribution is 2.14. The predicted molar refractivity (Wildman–Crippen MR) is 115 cm³/mol. The lowest BCUT2D eigenvalue weighted by molar-refractivity contribution is 0.00992. The summed E-state index contributed by atoms with van der Waals surface area (Å²) >= 11 is 0. The molecule has 1 aromatic heterocycles. The lowest BCUT2D eigenvalue weighted by atomic mass is 10.1. The lowest BCUT2D eigenvalue weighted by Gasteiger charge is -2.34. The highest BCUT2D eigenvalue weighted by atomic mass is 127. The normalized spacial score (nSPS) is 15.6. The number of nitrogens with one attached hydrogen (secondary N) is 1. The number of rotatable bonds is 10. The van der Waals surface area contributed by atoms with Gasteiger partial charge < -0.3 is 24.1 Å². The van der Waals surface area contributed by atoms with E-state index in [0.717, 1.165) is 63.7 Å². The van der Waals surface area contributed by atoms with Gasteiger partial charge in [-0.1, -0.05) is 6.08 Å². The van der Waals surface area contributed by atoms with Gasteiger partial charge in [0.1, 0.15) is 5.76 Å². The van der Waals surface area contributed by atoms with Gasteiger partial charge in [0.25, 0.3) is 0 Å². The fraction of sp³-hybridized carbons (Fsp3) is 0.632. The first-order valence-electron chi connectivity index (χ1n) is 9.10. The fourth-order valence-corrected chi connectivity index (χ4v) is 2.85. The first kappa shape index (κ1) is 23.0. The molecule has 0 unspecified atom stereocenters. The molecule has 1 saturated heterocycles. The number of guanidine groups is 1. The van der Waals surface area contributed by atoms with Crippen LogP contribution >= 0.6 is 24.0 Å². The van der Waals surface area contributed by atoms with E-state index < -0.39 is 0 Å². The first-order valence-corrected chi connectivity index (χ1v) is 9.10. The molecule has 0 aromatic carbocycles. The molecule has 0 atom stereocenters. The summed E-state index contributed by atoms with van der Waals surface area (Å²) in [6, 6.07) is 3.89. The minimum Gasteiger partial charge on any atom is -0.469 e. The zero-order valence-electron chi connectivity index (χ0n) is 15.7. The number of hydrogen-bond donors (Lipinski definition) is 1. The second kappa shape index (κ2) is 14.1. The third kappa shape index (κ3) is 8.55. The smallest absolute Gasteiger partial charge is 0.194 e. The molecule has 0 radical (unpaired) electrons. The van der Waals surface area contributed by atoms with Gasteiger partial charge in [0.15, 0.2) is 5.96 Å². The molecular formula is C19H32IN3O3. The summed E-state index contributed by atoms with van der Waals surface area (Å²) in [5, 5.41) is 3.36. The van der Waals surface area contributed by atoms with Crippen LogP contribution in [0.15, 0.2) is 40.5 Å². The van der Waals surface area contributed by atoms with Crippen molar-refractivity contribution >= 4 is 29.9 Å². The van der Waals surface area contributed by atoms with Gasteiger partial charge in [-0.2, -0.15) is 0 Å². The van der Waals surface area contributed by atoms with Gasteiger partial charge in [-0.3, -0.25) is 4.99 Å². The number of piperidine rings is 1. The van der Waals surface area contributed by atoms with Crippen molar-refractivity contribution in [2.75, 3.05) is 46.5 Å². The summed E-state index contributed by atoms with van der Waals surface area (Å²) in [6.07, 6.45) is 7.72. The molecule has 1 N–H and O–H groups in total. The van der Waals surface area contributed by atoms with Crippen molar-refractivity contribution in [2.24, 2.45) is 4.99 Å². The molecule has 0 bridgehead atoms. The van der Waals surface area contributed by atoms with Crippen LogP contribution in [0.4, 0.5) is 0 Å². The SMILES string of the molecule is C=CCNC(=NCCc1ccco1)N1CCC(OCCCOC)CC1.I. The minimum absolute atomic E-state index is 0. The first-order chi connectivity index (χ1) is 12.3. The molecule has 0 saturated carbocycles. The minimum atomic E-state index is 0. The van der Waals surface area contributed by atoms with Crippen LogP contribution < -0.4 is 5.32 Å². The van der Waals surface area contributed by atoms with E-state index in [1.807, 2.05) is 18.2 Å². The molecule has 0 spiro atoms. The molecule has 1 aliphatic rings. The summed E-state index contributed by atoms with van der Waals surface area (Å²) in [4.78, 5) is 7.04. The molecule has 7 heteroatoms. The summed E-state index contributed by atoms with van der Waals surface area (Å²) < 4.78 is 16.3. The van der Waals surface area contributed by atoms with Gasteiger partial charge in [0, 0.05) is 52.9 Å². The quantitative estimate of drug-likeness (QED) is 0.185. The van der Waals surface area contributed by atoms with Crippen molar-refractivity contribution < 1.29 is 13.9 Å². The van der Waals surface area contributed by atoms with Crippen LogP contribution in [-0.4, -0.2) is 63.5 Å². The Morgan fingerprint density at radius 1 is 1.42 bits per heavy atom. The van der Waals surface area contributed by atoms with Crippen LogP contribution in [0.3, 0.4) is 0 Å². The van der Waals surface area contributed by atoms with Crippen molar-refractivity contribution in [3.63, 3.8) is 0 Å². The maximum absolute atomic E-state index is 5.93. The number of ether oxygens (including phenoxy) is 2. The van der Waals surface area contributed by atoms with Gasteiger partial charge in [0.05, 0.1) is 12.4 Å². The van der Waals surface area contributed by atoms with Crippen LogP contribution in [-0.2, 0) is 15.9 Å². The monoisotopic (exact) mass is 477 g/mol. The molecule has 0 aliphatic carbocycles. The maximum atomic E-state index is 5.93. The number of nitrogens with zero attached hydrogens (tertiary/aromatic N) is 2. The van der Waals surface area contributed by atoms with Crippen molar-refractivity contribution in [1.82, 2.24) is 10.2 Å². The van der Waals surface area contributed by atoms with Crippen molar-refractivity contribution in [1.29, 1.82) is 0 Å². The summed E-state index contributed by atoms with van der Waals surface area (Å²) in [5.41, 5.74) is 0. The number of hydrogen-bond acceptors (Lipinski definition) is 4. The van der Waals surface area contributed by atoms with Crippen LogP contribution in [0, 0.1) is 0 Å². The Bertz CT molecular complexity index is 500. The van der Waals surface area contributed by atoms with Gasteiger partial charge in [-0.15, -0.1) is 30.6 Å². The summed E-state index contributed by atoms with van der Waals surface area (Å²) in [6.45, 7) is 8.65. The highest BCUT2D eigenvalue weighted by molar-refractivity contribution is 14.0. The summed E-state index contributed by atoms with van der Waals surface area (Å²) in [7, 11) is 1.72. The van der Waals surface area contributed by atoms with Gasteiger partial charge in [0.2, 0.25) is 0 Å².